The molecule has 2 aromatic carbocycles. The molecule has 0 aliphatic rings. The Morgan fingerprint density at radius 2 is 1.82 bits per heavy atom. The van der Waals surface area contributed by atoms with Crippen molar-refractivity contribution < 1.29 is 4.42 Å². The number of H-pyrrole nitrogens is 1. The molecule has 0 radical (unpaired) electrons. The van der Waals surface area contributed by atoms with Crippen molar-refractivity contribution in [3.63, 3.8) is 0 Å². The summed E-state index contributed by atoms with van der Waals surface area (Å²) in [6.07, 6.45) is 1.56. The maximum Gasteiger partial charge on any atom is 0.292 e. The maximum absolute atomic E-state index is 6.36. The van der Waals surface area contributed by atoms with Gasteiger partial charge in [0.15, 0.2) is 0 Å². The summed E-state index contributed by atoms with van der Waals surface area (Å²) in [4.78, 5) is 7.69. The third-order valence-corrected chi connectivity index (χ3v) is 3.96. The second-order valence-corrected chi connectivity index (χ2v) is 5.38. The third-order valence-electron chi connectivity index (χ3n) is 3.63. The molecule has 0 aliphatic carbocycles. The van der Waals surface area contributed by atoms with Crippen LogP contribution in [0, 0.1) is 0 Å². The summed E-state index contributed by atoms with van der Waals surface area (Å²) in [5.41, 5.74) is 10.1. The van der Waals surface area contributed by atoms with Crippen molar-refractivity contribution in [2.45, 2.75) is 0 Å². The molecule has 108 valence electrons. The Labute approximate surface area is 131 Å². The highest BCUT2D eigenvalue weighted by atomic mass is 35.5. The lowest BCUT2D eigenvalue weighted by atomic mass is 10.0. The van der Waals surface area contributed by atoms with Crippen LogP contribution in [0.3, 0.4) is 0 Å². The van der Waals surface area contributed by atoms with E-state index in [1.54, 1.807) is 6.26 Å². The summed E-state index contributed by atoms with van der Waals surface area (Å²) in [6.45, 7) is 0. The molecular weight excluding hydrogens is 298 g/mol. The van der Waals surface area contributed by atoms with Crippen LogP contribution in [0.15, 0.2) is 59.2 Å². The molecule has 2 heterocycles. The number of nitrogens with one attached hydrogen (secondary N) is 1. The fourth-order valence-electron chi connectivity index (χ4n) is 2.68. The first-order valence-electron chi connectivity index (χ1n) is 6.81. The van der Waals surface area contributed by atoms with Gasteiger partial charge in [-0.1, -0.05) is 48.0 Å². The summed E-state index contributed by atoms with van der Waals surface area (Å²) in [5, 5.41) is 1.72. The molecule has 0 atom stereocenters. The molecule has 3 N–H and O–H groups in total. The molecule has 0 saturated carbocycles. The average molecular weight is 310 g/mol. The van der Waals surface area contributed by atoms with Gasteiger partial charge in [0, 0.05) is 27.1 Å². The van der Waals surface area contributed by atoms with E-state index in [4.69, 9.17) is 21.8 Å². The zero-order valence-corrected chi connectivity index (χ0v) is 12.3. The molecule has 0 unspecified atom stereocenters. The smallest absolute Gasteiger partial charge is 0.292 e. The first-order chi connectivity index (χ1) is 10.7. The van der Waals surface area contributed by atoms with Crippen LogP contribution in [0.4, 0.5) is 6.01 Å². The monoisotopic (exact) mass is 309 g/mol. The van der Waals surface area contributed by atoms with Gasteiger partial charge < -0.3 is 15.1 Å². The standard InChI is InChI=1S/C17H12ClN3O/c18-12-7-3-1-5-10(12)16-15(14-9-22-17(19)21-14)11-6-2-4-8-13(11)20-16/h1-9,20H,(H2,19,21). The summed E-state index contributed by atoms with van der Waals surface area (Å²) >= 11 is 6.36. The quantitative estimate of drug-likeness (QED) is 0.562. The number of anilines is 1. The lowest BCUT2D eigenvalue weighted by Gasteiger charge is -2.04. The van der Waals surface area contributed by atoms with Crippen LogP contribution in [0.5, 0.6) is 0 Å². The Hall–Kier alpha value is -2.72. The molecule has 4 rings (SSSR count). The fourth-order valence-corrected chi connectivity index (χ4v) is 2.91. The number of oxazole rings is 1. The highest BCUT2D eigenvalue weighted by Gasteiger charge is 2.19. The minimum atomic E-state index is 0.144. The number of halogens is 1. The molecule has 0 saturated heterocycles. The number of fused-ring (bicyclic) bond motifs is 1. The average Bonchev–Trinajstić information content (AvgIpc) is 3.10. The molecule has 0 spiro atoms. The number of aromatic amines is 1. The van der Waals surface area contributed by atoms with Crippen LogP contribution in [0.2, 0.25) is 5.02 Å². The Morgan fingerprint density at radius 1 is 1.05 bits per heavy atom. The van der Waals surface area contributed by atoms with Gasteiger partial charge in [-0.05, 0) is 12.1 Å². The van der Waals surface area contributed by atoms with E-state index in [1.807, 2.05) is 48.5 Å². The van der Waals surface area contributed by atoms with Gasteiger partial charge in [0.25, 0.3) is 6.01 Å². The molecular formula is C17H12ClN3O. The maximum atomic E-state index is 6.36. The second-order valence-electron chi connectivity index (χ2n) is 4.97. The fraction of sp³-hybridized carbons (Fsp3) is 0. The molecule has 4 aromatic rings. The largest absolute Gasteiger partial charge is 0.432 e. The van der Waals surface area contributed by atoms with E-state index >= 15 is 0 Å². The van der Waals surface area contributed by atoms with Crippen molar-refractivity contribution in [2.75, 3.05) is 5.73 Å². The van der Waals surface area contributed by atoms with Crippen molar-refractivity contribution in [3.05, 3.63) is 59.8 Å². The van der Waals surface area contributed by atoms with Crippen LogP contribution in [0.1, 0.15) is 0 Å². The van der Waals surface area contributed by atoms with Crippen molar-refractivity contribution in [2.24, 2.45) is 0 Å². The van der Waals surface area contributed by atoms with Gasteiger partial charge in [-0.25, -0.2) is 0 Å². The van der Waals surface area contributed by atoms with Crippen LogP contribution in [-0.4, -0.2) is 9.97 Å². The van der Waals surface area contributed by atoms with Crippen LogP contribution >= 0.6 is 11.6 Å². The zero-order chi connectivity index (χ0) is 15.1. The summed E-state index contributed by atoms with van der Waals surface area (Å²) in [6, 6.07) is 15.9. The lowest BCUT2D eigenvalue weighted by molar-refractivity contribution is 0.581. The van der Waals surface area contributed by atoms with Gasteiger partial charge >= 0.3 is 0 Å². The molecule has 0 bridgehead atoms. The van der Waals surface area contributed by atoms with E-state index in [0.717, 1.165) is 27.7 Å². The Bertz CT molecular complexity index is 971. The van der Waals surface area contributed by atoms with Gasteiger partial charge in [0.05, 0.1) is 5.69 Å². The van der Waals surface area contributed by atoms with Crippen molar-refractivity contribution >= 4 is 28.5 Å². The number of hydrogen-bond acceptors (Lipinski definition) is 3. The number of benzene rings is 2. The number of nitrogens with zero attached hydrogens (tertiary/aromatic N) is 1. The lowest BCUT2D eigenvalue weighted by Crippen LogP contribution is -1.86. The van der Waals surface area contributed by atoms with E-state index in [9.17, 15) is 0 Å². The van der Waals surface area contributed by atoms with Gasteiger partial charge in [0.1, 0.15) is 12.0 Å². The number of nitrogens with two attached hydrogens (primary N) is 1. The molecule has 0 aliphatic heterocycles. The Balaban J connectivity index is 2.08. The van der Waals surface area contributed by atoms with Gasteiger partial charge in [-0.3, -0.25) is 0 Å². The highest BCUT2D eigenvalue weighted by Crippen LogP contribution is 2.40. The Kier molecular flexibility index (Phi) is 2.91. The highest BCUT2D eigenvalue weighted by molar-refractivity contribution is 6.33. The summed E-state index contributed by atoms with van der Waals surface area (Å²) < 4.78 is 5.18. The van der Waals surface area contributed by atoms with Crippen molar-refractivity contribution in [1.29, 1.82) is 0 Å². The third kappa shape index (κ3) is 1.96. The van der Waals surface area contributed by atoms with E-state index in [1.165, 1.54) is 0 Å². The first-order valence-corrected chi connectivity index (χ1v) is 7.19. The number of hydrogen-bond donors (Lipinski definition) is 2. The number of para-hydroxylation sites is 1. The van der Waals surface area contributed by atoms with Gasteiger partial charge in [-0.15, -0.1) is 0 Å². The SMILES string of the molecule is Nc1nc(-c2c(-c3ccccc3Cl)[nH]c3ccccc23)co1. The Morgan fingerprint density at radius 3 is 2.59 bits per heavy atom. The first kappa shape index (κ1) is 13.0. The molecule has 4 nitrogen and oxygen atoms in total. The van der Waals surface area contributed by atoms with Gasteiger partial charge in [0.2, 0.25) is 0 Å². The topological polar surface area (TPSA) is 67.8 Å². The van der Waals surface area contributed by atoms with Crippen LogP contribution in [0.25, 0.3) is 33.4 Å². The van der Waals surface area contributed by atoms with Crippen molar-refractivity contribution in [3.8, 4) is 22.5 Å². The second kappa shape index (κ2) is 4.93. The number of nitrogen functional groups attached to an aromatic ring is 1. The zero-order valence-electron chi connectivity index (χ0n) is 11.5. The molecule has 5 heteroatoms. The number of aromatic nitrogens is 2. The normalized spacial score (nSPS) is 11.1. The predicted octanol–water partition coefficient (Wildman–Crippen LogP) is 4.73. The van der Waals surface area contributed by atoms with E-state index in [2.05, 4.69) is 9.97 Å². The molecule has 2 aromatic heterocycles. The van der Waals surface area contributed by atoms with E-state index in [-0.39, 0.29) is 6.01 Å². The molecule has 0 amide bonds. The number of rotatable bonds is 2. The summed E-state index contributed by atoms with van der Waals surface area (Å²) in [5.74, 6) is 0. The van der Waals surface area contributed by atoms with Crippen LogP contribution < -0.4 is 5.73 Å². The van der Waals surface area contributed by atoms with E-state index < -0.39 is 0 Å². The summed E-state index contributed by atoms with van der Waals surface area (Å²) in [7, 11) is 0. The molecule has 22 heavy (non-hydrogen) atoms. The van der Waals surface area contributed by atoms with E-state index in [0.29, 0.717) is 10.7 Å². The van der Waals surface area contributed by atoms with Crippen LogP contribution in [-0.2, 0) is 0 Å². The minimum absolute atomic E-state index is 0.144. The minimum Gasteiger partial charge on any atom is -0.432 e. The van der Waals surface area contributed by atoms with Gasteiger partial charge in [-0.2, -0.15) is 4.98 Å². The predicted molar refractivity (Wildman–Crippen MR) is 88.7 cm³/mol. The van der Waals surface area contributed by atoms with Crippen molar-refractivity contribution in [1.82, 2.24) is 9.97 Å². The molecule has 0 fully saturated rings.